The Balaban J connectivity index is 2.92. The molecule has 0 radical (unpaired) electrons. The number of hydrogen-bond acceptors (Lipinski definition) is 9. The Labute approximate surface area is 178 Å². The predicted octanol–water partition coefficient (Wildman–Crippen LogP) is 1.98. The molecule has 0 spiro atoms. The third-order valence-corrected chi connectivity index (χ3v) is 4.71. The van der Waals surface area contributed by atoms with E-state index in [1.165, 1.54) is 0 Å². The Morgan fingerprint density at radius 1 is 0.467 bits per heavy atom. The highest BCUT2D eigenvalue weighted by atomic mass is 16.1. The van der Waals surface area contributed by atoms with Crippen LogP contribution in [0.5, 0.6) is 0 Å². The second-order valence-corrected chi connectivity index (χ2v) is 7.37. The molecule has 9 nitrogen and oxygen atoms in total. The van der Waals surface area contributed by atoms with Crippen LogP contribution in [0.1, 0.15) is 109 Å². The SMILES string of the molecule is NCCCCCC(=O)c1nc(C(=O)CCCCCN)nc(C(=O)CCCCCN)n1. The summed E-state index contributed by atoms with van der Waals surface area (Å²) in [5.74, 6) is -1.17. The Hall–Kier alpha value is -2.10. The number of nitrogens with two attached hydrogens (primary N) is 3. The summed E-state index contributed by atoms with van der Waals surface area (Å²) < 4.78 is 0. The van der Waals surface area contributed by atoms with Gasteiger partial charge in [0.25, 0.3) is 0 Å². The van der Waals surface area contributed by atoms with Gasteiger partial charge in [0.15, 0.2) is 34.8 Å². The van der Waals surface area contributed by atoms with Gasteiger partial charge in [-0.1, -0.05) is 19.3 Å². The average molecular weight is 421 g/mol. The van der Waals surface area contributed by atoms with Crippen molar-refractivity contribution in [1.82, 2.24) is 15.0 Å². The molecule has 1 rings (SSSR count). The van der Waals surface area contributed by atoms with Gasteiger partial charge in [-0.05, 0) is 58.2 Å². The van der Waals surface area contributed by atoms with Crippen molar-refractivity contribution < 1.29 is 14.4 Å². The molecule has 0 aliphatic carbocycles. The first-order chi connectivity index (χ1) is 14.5. The molecule has 1 heterocycles. The van der Waals surface area contributed by atoms with Crippen molar-refractivity contribution >= 4 is 17.3 Å². The van der Waals surface area contributed by atoms with Crippen LogP contribution in [0.2, 0.25) is 0 Å². The first-order valence-electron chi connectivity index (χ1n) is 11.0. The molecule has 0 saturated heterocycles. The molecule has 0 unspecified atom stereocenters. The number of carbonyl (C=O) groups is 3. The maximum atomic E-state index is 12.5. The largest absolute Gasteiger partial charge is 0.330 e. The summed E-state index contributed by atoms with van der Waals surface area (Å²) >= 11 is 0. The first kappa shape index (κ1) is 25.9. The van der Waals surface area contributed by atoms with Gasteiger partial charge in [-0.2, -0.15) is 0 Å². The summed E-state index contributed by atoms with van der Waals surface area (Å²) in [7, 11) is 0. The van der Waals surface area contributed by atoms with Crippen molar-refractivity contribution in [2.24, 2.45) is 17.2 Å². The number of rotatable bonds is 18. The zero-order valence-electron chi connectivity index (χ0n) is 17.9. The summed E-state index contributed by atoms with van der Waals surface area (Å²) in [4.78, 5) is 49.8. The van der Waals surface area contributed by atoms with Crippen molar-refractivity contribution in [2.75, 3.05) is 19.6 Å². The van der Waals surface area contributed by atoms with E-state index in [0.29, 0.717) is 38.9 Å². The monoisotopic (exact) mass is 420 g/mol. The molecule has 1 aromatic heterocycles. The Kier molecular flexibility index (Phi) is 13.6. The Morgan fingerprint density at radius 3 is 0.967 bits per heavy atom. The molecule has 0 atom stereocenters. The van der Waals surface area contributed by atoms with E-state index < -0.39 is 0 Å². The van der Waals surface area contributed by atoms with Crippen LogP contribution in [0, 0.1) is 0 Å². The molecule has 0 aliphatic rings. The average Bonchev–Trinajstić information content (AvgIpc) is 2.76. The molecule has 9 heteroatoms. The summed E-state index contributed by atoms with van der Waals surface area (Å²) in [5, 5.41) is 0. The van der Waals surface area contributed by atoms with E-state index in [0.717, 1.165) is 38.5 Å². The summed E-state index contributed by atoms with van der Waals surface area (Å²) in [6.07, 6.45) is 7.71. The zero-order chi connectivity index (χ0) is 22.2. The van der Waals surface area contributed by atoms with E-state index in [-0.39, 0.29) is 54.1 Å². The number of carbonyl (C=O) groups excluding carboxylic acids is 3. The fourth-order valence-corrected chi connectivity index (χ4v) is 2.91. The predicted molar refractivity (Wildman–Crippen MR) is 115 cm³/mol. The standard InChI is InChI=1S/C21H36N6O3/c22-13-7-1-4-10-16(28)19-25-20(17(29)11-5-2-8-14-23)27-21(26-19)18(30)12-6-3-9-15-24/h1-15,22-24H2. The highest BCUT2D eigenvalue weighted by Gasteiger charge is 2.20. The Morgan fingerprint density at radius 2 is 0.733 bits per heavy atom. The van der Waals surface area contributed by atoms with Crippen LogP contribution in [0.25, 0.3) is 0 Å². The maximum absolute atomic E-state index is 12.5. The van der Waals surface area contributed by atoms with Gasteiger partial charge in [-0.3, -0.25) is 14.4 Å². The number of aromatic nitrogens is 3. The van der Waals surface area contributed by atoms with Crippen LogP contribution < -0.4 is 17.2 Å². The number of unbranched alkanes of at least 4 members (excludes halogenated alkanes) is 6. The van der Waals surface area contributed by atoms with Gasteiger partial charge in [0, 0.05) is 19.3 Å². The fraction of sp³-hybridized carbons (Fsp3) is 0.714. The van der Waals surface area contributed by atoms with Gasteiger partial charge in [0.05, 0.1) is 0 Å². The fourth-order valence-electron chi connectivity index (χ4n) is 2.91. The van der Waals surface area contributed by atoms with Gasteiger partial charge in [-0.15, -0.1) is 0 Å². The summed E-state index contributed by atoms with van der Waals surface area (Å²) in [6, 6.07) is 0. The van der Waals surface area contributed by atoms with E-state index in [1.54, 1.807) is 0 Å². The summed E-state index contributed by atoms with van der Waals surface area (Å²) in [6.45, 7) is 1.72. The van der Waals surface area contributed by atoms with Gasteiger partial charge in [0.2, 0.25) is 0 Å². The third kappa shape index (κ3) is 10.1. The molecule has 0 aliphatic heterocycles. The minimum atomic E-state index is -0.288. The highest BCUT2D eigenvalue weighted by molar-refractivity contribution is 5.99. The lowest BCUT2D eigenvalue weighted by atomic mass is 10.1. The second kappa shape index (κ2) is 15.7. The topological polar surface area (TPSA) is 168 Å². The molecule has 0 aromatic carbocycles. The second-order valence-electron chi connectivity index (χ2n) is 7.37. The zero-order valence-corrected chi connectivity index (χ0v) is 17.9. The van der Waals surface area contributed by atoms with Crippen molar-refractivity contribution in [3.05, 3.63) is 17.5 Å². The summed E-state index contributed by atoms with van der Waals surface area (Å²) in [5.41, 5.74) is 16.4. The minimum Gasteiger partial charge on any atom is -0.330 e. The number of ketones is 3. The van der Waals surface area contributed by atoms with Crippen LogP contribution in [0.15, 0.2) is 0 Å². The van der Waals surface area contributed by atoms with Crippen molar-refractivity contribution in [3.63, 3.8) is 0 Å². The molecule has 6 N–H and O–H groups in total. The molecular weight excluding hydrogens is 384 g/mol. The molecular formula is C21H36N6O3. The Bertz CT molecular complexity index is 578. The van der Waals surface area contributed by atoms with Crippen molar-refractivity contribution in [2.45, 2.75) is 77.0 Å². The minimum absolute atomic E-state index is 0.103. The van der Waals surface area contributed by atoms with Crippen molar-refractivity contribution in [1.29, 1.82) is 0 Å². The molecule has 30 heavy (non-hydrogen) atoms. The van der Waals surface area contributed by atoms with Crippen LogP contribution in [-0.2, 0) is 0 Å². The van der Waals surface area contributed by atoms with E-state index in [2.05, 4.69) is 15.0 Å². The molecule has 0 saturated carbocycles. The molecule has 168 valence electrons. The van der Waals surface area contributed by atoms with Crippen LogP contribution >= 0.6 is 0 Å². The van der Waals surface area contributed by atoms with Crippen LogP contribution in [-0.4, -0.2) is 51.9 Å². The van der Waals surface area contributed by atoms with Crippen molar-refractivity contribution in [3.8, 4) is 0 Å². The molecule has 0 amide bonds. The van der Waals surface area contributed by atoms with E-state index in [4.69, 9.17) is 17.2 Å². The number of hydrogen-bond donors (Lipinski definition) is 3. The molecule has 0 bridgehead atoms. The van der Waals surface area contributed by atoms with Gasteiger partial charge in [-0.25, -0.2) is 15.0 Å². The lowest BCUT2D eigenvalue weighted by Crippen LogP contribution is -2.19. The first-order valence-corrected chi connectivity index (χ1v) is 11.0. The van der Waals surface area contributed by atoms with Gasteiger partial charge >= 0.3 is 0 Å². The maximum Gasteiger partial charge on any atom is 0.200 e. The normalized spacial score (nSPS) is 10.9. The smallest absolute Gasteiger partial charge is 0.200 e. The third-order valence-electron chi connectivity index (χ3n) is 4.71. The van der Waals surface area contributed by atoms with Crippen LogP contribution in [0.4, 0.5) is 0 Å². The lowest BCUT2D eigenvalue weighted by Gasteiger charge is -2.06. The van der Waals surface area contributed by atoms with Crippen LogP contribution in [0.3, 0.4) is 0 Å². The van der Waals surface area contributed by atoms with E-state index >= 15 is 0 Å². The number of Topliss-reactive ketones (excluding diaryl/α,β-unsaturated/α-hetero) is 3. The quantitative estimate of drug-likeness (QED) is 0.237. The van der Waals surface area contributed by atoms with E-state index in [9.17, 15) is 14.4 Å². The lowest BCUT2D eigenvalue weighted by molar-refractivity contribution is 0.0955. The van der Waals surface area contributed by atoms with Gasteiger partial charge in [0.1, 0.15) is 0 Å². The van der Waals surface area contributed by atoms with E-state index in [1.807, 2.05) is 0 Å². The van der Waals surface area contributed by atoms with Gasteiger partial charge < -0.3 is 17.2 Å². The molecule has 0 fully saturated rings. The highest BCUT2D eigenvalue weighted by Crippen LogP contribution is 2.11. The molecule has 1 aromatic rings. The number of nitrogens with zero attached hydrogens (tertiary/aromatic N) is 3.